The second kappa shape index (κ2) is 4.10. The number of hydrogen-bond acceptors (Lipinski definition) is 3. The Morgan fingerprint density at radius 1 is 1.83 bits per heavy atom. The summed E-state index contributed by atoms with van der Waals surface area (Å²) in [5.74, 6) is 1.62. The Morgan fingerprint density at radius 2 is 2.50 bits per heavy atom. The van der Waals surface area contributed by atoms with Gasteiger partial charge in [0, 0.05) is 17.9 Å². The number of rotatable bonds is 2. The Labute approximate surface area is 77.0 Å². The van der Waals surface area contributed by atoms with Gasteiger partial charge >= 0.3 is 0 Å². The predicted octanol–water partition coefficient (Wildman–Crippen LogP) is 1.25. The molecule has 0 saturated carbocycles. The van der Waals surface area contributed by atoms with E-state index in [-0.39, 0.29) is 11.7 Å². The summed E-state index contributed by atoms with van der Waals surface area (Å²) in [6, 6.07) is 0. The maximum Gasteiger partial charge on any atom is 0.140 e. The number of Topliss-reactive ketones (excluding diaryl/α,β-unsaturated/α-hetero) is 1. The molecule has 68 valence electrons. The number of thioether (sulfide) groups is 1. The Balaban J connectivity index is 2.59. The summed E-state index contributed by atoms with van der Waals surface area (Å²) in [4.78, 5) is 11.3. The molecule has 1 N–H and O–H groups in total. The van der Waals surface area contributed by atoms with Crippen molar-refractivity contribution in [1.29, 1.82) is 0 Å². The second-order valence-electron chi connectivity index (χ2n) is 3.19. The molecule has 1 rings (SSSR count). The van der Waals surface area contributed by atoms with Crippen LogP contribution in [0.3, 0.4) is 0 Å². The second-order valence-corrected chi connectivity index (χ2v) is 4.34. The van der Waals surface area contributed by atoms with Crippen LogP contribution in [0.1, 0.15) is 13.3 Å². The van der Waals surface area contributed by atoms with E-state index < -0.39 is 6.10 Å². The Bertz CT molecular complexity index is 201. The molecule has 1 aliphatic rings. The quantitative estimate of drug-likeness (QED) is 0.659. The number of hydrogen-bond donors (Lipinski definition) is 1. The van der Waals surface area contributed by atoms with Crippen molar-refractivity contribution >= 4 is 17.5 Å². The summed E-state index contributed by atoms with van der Waals surface area (Å²) in [7, 11) is 0. The predicted molar refractivity (Wildman–Crippen MR) is 51.3 cm³/mol. The molecule has 0 bridgehead atoms. The lowest BCUT2D eigenvalue weighted by molar-refractivity contribution is -0.124. The Morgan fingerprint density at radius 3 is 3.00 bits per heavy atom. The molecule has 2 nitrogen and oxygen atoms in total. The molecule has 0 radical (unpaired) electrons. The van der Waals surface area contributed by atoms with E-state index in [4.69, 9.17) is 0 Å². The molecular formula is C9H14O2S. The minimum atomic E-state index is -0.634. The van der Waals surface area contributed by atoms with Crippen molar-refractivity contribution < 1.29 is 9.90 Å². The Hall–Kier alpha value is -0.280. The highest BCUT2D eigenvalue weighted by Gasteiger charge is 2.29. The number of carbonyl (C=O) groups is 1. The van der Waals surface area contributed by atoms with E-state index in [0.717, 1.165) is 11.5 Å². The molecule has 1 fully saturated rings. The summed E-state index contributed by atoms with van der Waals surface area (Å²) < 4.78 is 0. The first-order valence-electron chi connectivity index (χ1n) is 4.07. The van der Waals surface area contributed by atoms with Crippen LogP contribution in [-0.2, 0) is 4.79 Å². The first kappa shape index (κ1) is 9.81. The molecule has 0 aliphatic carbocycles. The molecule has 1 saturated heterocycles. The largest absolute Gasteiger partial charge is 0.388 e. The molecule has 0 spiro atoms. The van der Waals surface area contributed by atoms with E-state index in [2.05, 4.69) is 6.58 Å². The van der Waals surface area contributed by atoms with Gasteiger partial charge in [-0.25, -0.2) is 0 Å². The van der Waals surface area contributed by atoms with Crippen LogP contribution in [0.4, 0.5) is 0 Å². The van der Waals surface area contributed by atoms with Crippen LogP contribution < -0.4 is 0 Å². The SMILES string of the molecule is C=C(C)[C@@H](O)[C@@H]1CSCCC1=O. The average Bonchev–Trinajstić information content (AvgIpc) is 2.04. The lowest BCUT2D eigenvalue weighted by Gasteiger charge is -2.25. The zero-order chi connectivity index (χ0) is 9.14. The van der Waals surface area contributed by atoms with E-state index in [1.807, 2.05) is 0 Å². The maximum atomic E-state index is 11.3. The van der Waals surface area contributed by atoms with Crippen molar-refractivity contribution in [2.75, 3.05) is 11.5 Å². The van der Waals surface area contributed by atoms with E-state index >= 15 is 0 Å². The normalized spacial score (nSPS) is 26.8. The maximum absolute atomic E-state index is 11.3. The summed E-state index contributed by atoms with van der Waals surface area (Å²) in [6.07, 6.45) is -0.0371. The molecule has 0 unspecified atom stereocenters. The molecule has 1 aliphatic heterocycles. The van der Waals surface area contributed by atoms with Crippen molar-refractivity contribution in [1.82, 2.24) is 0 Å². The number of ketones is 1. The van der Waals surface area contributed by atoms with Gasteiger partial charge in [-0.1, -0.05) is 12.2 Å². The fourth-order valence-electron chi connectivity index (χ4n) is 1.27. The fourth-order valence-corrected chi connectivity index (χ4v) is 2.41. The zero-order valence-corrected chi connectivity index (χ0v) is 8.06. The van der Waals surface area contributed by atoms with Gasteiger partial charge in [-0.3, -0.25) is 4.79 Å². The molecule has 0 aromatic heterocycles. The van der Waals surface area contributed by atoms with Gasteiger partial charge in [0.05, 0.1) is 12.0 Å². The molecule has 2 atom stereocenters. The van der Waals surface area contributed by atoms with Gasteiger partial charge in [0.1, 0.15) is 5.78 Å². The van der Waals surface area contributed by atoms with Crippen LogP contribution in [-0.4, -0.2) is 28.5 Å². The topological polar surface area (TPSA) is 37.3 Å². The molecule has 0 aromatic carbocycles. The minimum Gasteiger partial charge on any atom is -0.388 e. The molecule has 3 heteroatoms. The summed E-state index contributed by atoms with van der Waals surface area (Å²) in [5, 5.41) is 9.59. The van der Waals surface area contributed by atoms with E-state index in [1.54, 1.807) is 18.7 Å². The molecular weight excluding hydrogens is 172 g/mol. The van der Waals surface area contributed by atoms with E-state index in [1.165, 1.54) is 0 Å². The minimum absolute atomic E-state index is 0.184. The van der Waals surface area contributed by atoms with Crippen LogP contribution in [0.5, 0.6) is 0 Å². The highest BCUT2D eigenvalue weighted by molar-refractivity contribution is 7.99. The van der Waals surface area contributed by atoms with Crippen molar-refractivity contribution in [2.45, 2.75) is 19.4 Å². The van der Waals surface area contributed by atoms with Crippen LogP contribution in [0.2, 0.25) is 0 Å². The monoisotopic (exact) mass is 186 g/mol. The molecule has 0 amide bonds. The Kier molecular flexibility index (Phi) is 3.35. The highest BCUT2D eigenvalue weighted by Crippen LogP contribution is 2.24. The van der Waals surface area contributed by atoms with Gasteiger partial charge in [0.2, 0.25) is 0 Å². The lowest BCUT2D eigenvalue weighted by Crippen LogP contribution is -2.34. The fraction of sp³-hybridized carbons (Fsp3) is 0.667. The van der Waals surface area contributed by atoms with Gasteiger partial charge < -0.3 is 5.11 Å². The van der Waals surface area contributed by atoms with Gasteiger partial charge in [-0.2, -0.15) is 11.8 Å². The first-order valence-corrected chi connectivity index (χ1v) is 5.22. The highest BCUT2D eigenvalue weighted by atomic mass is 32.2. The van der Waals surface area contributed by atoms with Gasteiger partial charge in [0.15, 0.2) is 0 Å². The van der Waals surface area contributed by atoms with Crippen LogP contribution in [0.25, 0.3) is 0 Å². The zero-order valence-electron chi connectivity index (χ0n) is 7.25. The van der Waals surface area contributed by atoms with Crippen molar-refractivity contribution in [3.05, 3.63) is 12.2 Å². The van der Waals surface area contributed by atoms with Crippen molar-refractivity contribution in [2.24, 2.45) is 5.92 Å². The van der Waals surface area contributed by atoms with Gasteiger partial charge in [0.25, 0.3) is 0 Å². The first-order chi connectivity index (χ1) is 5.63. The number of aliphatic hydroxyl groups is 1. The van der Waals surface area contributed by atoms with E-state index in [9.17, 15) is 9.90 Å². The van der Waals surface area contributed by atoms with Crippen molar-refractivity contribution in [3.8, 4) is 0 Å². The lowest BCUT2D eigenvalue weighted by atomic mass is 9.93. The van der Waals surface area contributed by atoms with Crippen molar-refractivity contribution in [3.63, 3.8) is 0 Å². The number of aliphatic hydroxyl groups excluding tert-OH is 1. The summed E-state index contributed by atoms with van der Waals surface area (Å²) >= 11 is 1.73. The molecule has 12 heavy (non-hydrogen) atoms. The number of carbonyl (C=O) groups excluding carboxylic acids is 1. The van der Waals surface area contributed by atoms with Gasteiger partial charge in [-0.05, 0) is 6.92 Å². The summed E-state index contributed by atoms with van der Waals surface area (Å²) in [6.45, 7) is 5.41. The average molecular weight is 186 g/mol. The third kappa shape index (κ3) is 2.11. The third-order valence-electron chi connectivity index (χ3n) is 2.09. The molecule has 0 aromatic rings. The van der Waals surface area contributed by atoms with E-state index in [0.29, 0.717) is 12.0 Å². The molecule has 1 heterocycles. The van der Waals surface area contributed by atoms with Crippen LogP contribution in [0, 0.1) is 5.92 Å². The van der Waals surface area contributed by atoms with Crippen LogP contribution >= 0.6 is 11.8 Å². The standard InChI is InChI=1S/C9H14O2S/c1-6(2)9(11)7-5-12-4-3-8(7)10/h7,9,11H,1,3-5H2,2H3/t7-,9-/m1/s1. The van der Waals surface area contributed by atoms with Crippen LogP contribution in [0.15, 0.2) is 12.2 Å². The van der Waals surface area contributed by atoms with Gasteiger partial charge in [-0.15, -0.1) is 0 Å². The smallest absolute Gasteiger partial charge is 0.140 e. The third-order valence-corrected chi connectivity index (χ3v) is 3.18. The summed E-state index contributed by atoms with van der Waals surface area (Å²) in [5.41, 5.74) is 0.691.